The molecule has 1 aromatic carbocycles. The van der Waals surface area contributed by atoms with E-state index < -0.39 is 0 Å². The fourth-order valence-electron chi connectivity index (χ4n) is 1.71. The van der Waals surface area contributed by atoms with Gasteiger partial charge in [-0.15, -0.1) is 0 Å². The highest BCUT2D eigenvalue weighted by Gasteiger charge is 2.12. The first-order chi connectivity index (χ1) is 7.13. The Morgan fingerprint density at radius 1 is 1.47 bits per heavy atom. The van der Waals surface area contributed by atoms with Crippen molar-refractivity contribution < 1.29 is 5.11 Å². The second-order valence-corrected chi connectivity index (χ2v) is 4.24. The smallest absolute Gasteiger partial charge is 0.0928 e. The van der Waals surface area contributed by atoms with Gasteiger partial charge in [0.15, 0.2) is 0 Å². The molecule has 0 aliphatic rings. The highest BCUT2D eigenvalue weighted by Crippen LogP contribution is 2.24. The van der Waals surface area contributed by atoms with Crippen LogP contribution in [0, 0.1) is 0 Å². The van der Waals surface area contributed by atoms with Crippen LogP contribution >= 0.6 is 11.6 Å². The summed E-state index contributed by atoms with van der Waals surface area (Å²) in [6.07, 6.45) is 0. The number of benzene rings is 1. The third kappa shape index (κ3) is 1.73. The van der Waals surface area contributed by atoms with Gasteiger partial charge in [0, 0.05) is 16.5 Å². The van der Waals surface area contributed by atoms with E-state index in [4.69, 9.17) is 11.6 Å². The van der Waals surface area contributed by atoms with Crippen LogP contribution in [-0.4, -0.2) is 14.9 Å². The van der Waals surface area contributed by atoms with Gasteiger partial charge in [0.25, 0.3) is 0 Å². The largest absolute Gasteiger partial charge is 0.390 e. The lowest BCUT2D eigenvalue weighted by Crippen LogP contribution is -2.07. The van der Waals surface area contributed by atoms with E-state index in [0.717, 1.165) is 16.6 Å². The Kier molecular flexibility index (Phi) is 2.67. The minimum Gasteiger partial charge on any atom is -0.390 e. The molecule has 0 spiro atoms. The molecule has 0 bridgehead atoms. The van der Waals surface area contributed by atoms with Crippen molar-refractivity contribution in [2.75, 3.05) is 0 Å². The van der Waals surface area contributed by atoms with Gasteiger partial charge in [0.2, 0.25) is 0 Å². The van der Waals surface area contributed by atoms with Crippen molar-refractivity contribution in [2.45, 2.75) is 26.5 Å². The average molecular weight is 225 g/mol. The van der Waals surface area contributed by atoms with Crippen molar-refractivity contribution in [2.24, 2.45) is 0 Å². The molecular weight excluding hydrogens is 212 g/mol. The second kappa shape index (κ2) is 3.83. The van der Waals surface area contributed by atoms with Crippen LogP contribution in [0.15, 0.2) is 18.2 Å². The topological polar surface area (TPSA) is 38.0 Å². The minimum absolute atomic E-state index is 0.0188. The average Bonchev–Trinajstić information content (AvgIpc) is 2.55. The number of hydrogen-bond donors (Lipinski definition) is 1. The molecule has 2 rings (SSSR count). The molecule has 0 aliphatic carbocycles. The van der Waals surface area contributed by atoms with E-state index in [0.29, 0.717) is 5.02 Å². The summed E-state index contributed by atoms with van der Waals surface area (Å²) in [4.78, 5) is 0. The fourth-order valence-corrected chi connectivity index (χ4v) is 1.88. The number of aromatic nitrogens is 2. The molecule has 0 aliphatic heterocycles. The molecule has 1 aromatic heterocycles. The van der Waals surface area contributed by atoms with Crippen LogP contribution in [0.4, 0.5) is 0 Å². The Labute approximate surface area is 93.3 Å². The number of hydrogen-bond acceptors (Lipinski definition) is 2. The van der Waals surface area contributed by atoms with Gasteiger partial charge in [-0.25, -0.2) is 0 Å². The highest BCUT2D eigenvalue weighted by atomic mass is 35.5. The molecule has 1 N–H and O–H groups in total. The molecule has 0 fully saturated rings. The molecule has 3 nitrogen and oxygen atoms in total. The van der Waals surface area contributed by atoms with E-state index in [-0.39, 0.29) is 12.6 Å². The number of aliphatic hydroxyl groups is 1. The number of aliphatic hydroxyl groups excluding tert-OH is 1. The SMILES string of the molecule is CC(C)n1nc2ccc(Cl)cc2c1CO. The lowest BCUT2D eigenvalue weighted by Gasteiger charge is -2.08. The third-order valence-electron chi connectivity index (χ3n) is 2.40. The van der Waals surface area contributed by atoms with Gasteiger partial charge >= 0.3 is 0 Å². The lowest BCUT2D eigenvalue weighted by atomic mass is 10.2. The fraction of sp³-hybridized carbons (Fsp3) is 0.364. The van der Waals surface area contributed by atoms with Crippen LogP contribution in [0.25, 0.3) is 10.9 Å². The number of rotatable bonds is 2. The monoisotopic (exact) mass is 224 g/mol. The normalized spacial score (nSPS) is 11.5. The Morgan fingerprint density at radius 2 is 2.20 bits per heavy atom. The van der Waals surface area contributed by atoms with E-state index in [1.165, 1.54) is 0 Å². The van der Waals surface area contributed by atoms with Gasteiger partial charge in [-0.1, -0.05) is 11.6 Å². The summed E-state index contributed by atoms with van der Waals surface area (Å²) in [5, 5.41) is 15.4. The summed E-state index contributed by atoms with van der Waals surface area (Å²) in [5.74, 6) is 0. The minimum atomic E-state index is -0.0188. The maximum Gasteiger partial charge on any atom is 0.0928 e. The molecule has 2 aromatic rings. The van der Waals surface area contributed by atoms with Crippen LogP contribution < -0.4 is 0 Å². The Morgan fingerprint density at radius 3 is 2.80 bits per heavy atom. The van der Waals surface area contributed by atoms with E-state index in [1.807, 2.05) is 36.7 Å². The zero-order chi connectivity index (χ0) is 11.0. The summed E-state index contributed by atoms with van der Waals surface area (Å²) >= 11 is 5.92. The van der Waals surface area contributed by atoms with E-state index in [9.17, 15) is 5.11 Å². The molecular formula is C11H13ClN2O. The van der Waals surface area contributed by atoms with E-state index in [1.54, 1.807) is 0 Å². The number of fused-ring (bicyclic) bond motifs is 1. The summed E-state index contributed by atoms with van der Waals surface area (Å²) in [6, 6.07) is 5.76. The lowest BCUT2D eigenvalue weighted by molar-refractivity contribution is 0.266. The first-order valence-corrected chi connectivity index (χ1v) is 5.28. The zero-order valence-corrected chi connectivity index (χ0v) is 9.49. The van der Waals surface area contributed by atoms with Crippen molar-refractivity contribution in [3.63, 3.8) is 0 Å². The van der Waals surface area contributed by atoms with Gasteiger partial charge in [-0.2, -0.15) is 5.10 Å². The first kappa shape index (κ1) is 10.5. The van der Waals surface area contributed by atoms with Crippen LogP contribution in [0.1, 0.15) is 25.6 Å². The van der Waals surface area contributed by atoms with Gasteiger partial charge in [0.1, 0.15) is 0 Å². The maximum atomic E-state index is 9.34. The maximum absolute atomic E-state index is 9.34. The number of nitrogens with zero attached hydrogens (tertiary/aromatic N) is 2. The molecule has 0 unspecified atom stereocenters. The third-order valence-corrected chi connectivity index (χ3v) is 2.64. The van der Waals surface area contributed by atoms with Crippen LogP contribution in [0.5, 0.6) is 0 Å². The molecule has 15 heavy (non-hydrogen) atoms. The van der Waals surface area contributed by atoms with E-state index >= 15 is 0 Å². The van der Waals surface area contributed by atoms with Gasteiger partial charge in [0.05, 0.1) is 17.8 Å². The van der Waals surface area contributed by atoms with Gasteiger partial charge < -0.3 is 5.11 Å². The zero-order valence-electron chi connectivity index (χ0n) is 8.74. The summed E-state index contributed by atoms with van der Waals surface area (Å²) in [5.41, 5.74) is 1.69. The molecule has 80 valence electrons. The summed E-state index contributed by atoms with van der Waals surface area (Å²) < 4.78 is 1.83. The molecule has 4 heteroatoms. The van der Waals surface area contributed by atoms with Crippen molar-refractivity contribution in [3.8, 4) is 0 Å². The second-order valence-electron chi connectivity index (χ2n) is 3.80. The van der Waals surface area contributed by atoms with Crippen molar-refractivity contribution in [1.29, 1.82) is 0 Å². The van der Waals surface area contributed by atoms with Crippen molar-refractivity contribution in [3.05, 3.63) is 28.9 Å². The van der Waals surface area contributed by atoms with Crippen LogP contribution in [-0.2, 0) is 6.61 Å². The summed E-state index contributed by atoms with van der Waals surface area (Å²) in [6.45, 7) is 4.05. The predicted molar refractivity (Wildman–Crippen MR) is 61.1 cm³/mol. The molecule has 1 heterocycles. The predicted octanol–water partition coefficient (Wildman–Crippen LogP) is 2.76. The van der Waals surface area contributed by atoms with Crippen LogP contribution in [0.3, 0.4) is 0 Å². The van der Waals surface area contributed by atoms with Gasteiger partial charge in [-0.3, -0.25) is 4.68 Å². The standard InChI is InChI=1S/C11H13ClN2O/c1-7(2)14-11(6-15)9-5-8(12)3-4-10(9)13-14/h3-5,7,15H,6H2,1-2H3. The van der Waals surface area contributed by atoms with Gasteiger partial charge in [-0.05, 0) is 32.0 Å². The van der Waals surface area contributed by atoms with E-state index in [2.05, 4.69) is 5.10 Å². The van der Waals surface area contributed by atoms with Crippen molar-refractivity contribution >= 4 is 22.5 Å². The molecule has 0 radical (unpaired) electrons. The molecule has 0 saturated carbocycles. The summed E-state index contributed by atoms with van der Waals surface area (Å²) in [7, 11) is 0. The van der Waals surface area contributed by atoms with Crippen molar-refractivity contribution in [1.82, 2.24) is 9.78 Å². The Hall–Kier alpha value is -1.06. The first-order valence-electron chi connectivity index (χ1n) is 4.91. The Bertz CT molecular complexity index is 491. The quantitative estimate of drug-likeness (QED) is 0.852. The highest BCUT2D eigenvalue weighted by molar-refractivity contribution is 6.31. The number of halogens is 1. The van der Waals surface area contributed by atoms with Crippen LogP contribution in [0.2, 0.25) is 5.02 Å². The molecule has 0 amide bonds. The molecule has 0 atom stereocenters. The molecule has 0 saturated heterocycles. The Balaban J connectivity index is 2.74.